The molecule has 1 unspecified atom stereocenters. The van der Waals surface area contributed by atoms with E-state index in [9.17, 15) is 13.2 Å². The minimum absolute atomic E-state index is 0.00576. The number of benzene rings is 1. The first-order valence-electron chi connectivity index (χ1n) is 10.4. The molecule has 30 heavy (non-hydrogen) atoms. The van der Waals surface area contributed by atoms with Crippen molar-refractivity contribution in [2.45, 2.75) is 38.0 Å². The van der Waals surface area contributed by atoms with E-state index < -0.39 is 16.1 Å². The molecule has 164 valence electrons. The molecule has 2 heterocycles. The van der Waals surface area contributed by atoms with E-state index in [-0.39, 0.29) is 17.7 Å². The molecule has 1 atom stereocenters. The molecule has 2 aromatic rings. The predicted octanol–water partition coefficient (Wildman–Crippen LogP) is 1.34. The summed E-state index contributed by atoms with van der Waals surface area (Å²) in [7, 11) is -1.96. The summed E-state index contributed by atoms with van der Waals surface area (Å²) in [6.07, 6.45) is 3.57. The highest BCUT2D eigenvalue weighted by Crippen LogP contribution is 2.32. The summed E-state index contributed by atoms with van der Waals surface area (Å²) in [5, 5.41) is 4.06. The van der Waals surface area contributed by atoms with Crippen molar-refractivity contribution >= 4 is 26.8 Å². The molecule has 1 aliphatic carbocycles. The number of ether oxygens (including phenoxy) is 2. The molecular weight excluding hydrogens is 406 g/mol. The first-order chi connectivity index (χ1) is 14.5. The molecule has 0 spiro atoms. The zero-order valence-corrected chi connectivity index (χ0v) is 18.1. The average molecular weight is 436 g/mol. The summed E-state index contributed by atoms with van der Waals surface area (Å²) in [6, 6.07) is 7.65. The van der Waals surface area contributed by atoms with Crippen LogP contribution in [-0.2, 0) is 30.8 Å². The fourth-order valence-electron chi connectivity index (χ4n) is 3.92. The first-order valence-corrected chi connectivity index (χ1v) is 12.1. The van der Waals surface area contributed by atoms with Gasteiger partial charge in [-0.3, -0.25) is 4.79 Å². The van der Waals surface area contributed by atoms with Crippen LogP contribution >= 0.6 is 0 Å². The van der Waals surface area contributed by atoms with Crippen LogP contribution in [0.5, 0.6) is 0 Å². The van der Waals surface area contributed by atoms with Gasteiger partial charge in [-0.2, -0.15) is 0 Å². The van der Waals surface area contributed by atoms with Crippen LogP contribution in [0.4, 0.5) is 0 Å². The maximum Gasteiger partial charge on any atom is 0.253 e. The number of hydrogen-bond acceptors (Lipinski definition) is 6. The van der Waals surface area contributed by atoms with Crippen LogP contribution < -0.4 is 5.32 Å². The molecule has 2 aliphatic rings. The Bertz CT molecular complexity index is 993. The Labute approximate surface area is 177 Å². The number of amides is 1. The summed E-state index contributed by atoms with van der Waals surface area (Å²) in [6.45, 7) is 2.56. The number of carbonyl (C=O) groups is 1. The van der Waals surface area contributed by atoms with Crippen LogP contribution in [0.15, 0.2) is 30.5 Å². The molecule has 9 heteroatoms. The van der Waals surface area contributed by atoms with Gasteiger partial charge in [0, 0.05) is 51.0 Å². The maximum atomic E-state index is 13.1. The Balaban J connectivity index is 1.62. The zero-order chi connectivity index (χ0) is 21.1. The van der Waals surface area contributed by atoms with Crippen LogP contribution in [-0.4, -0.2) is 74.5 Å². The maximum absolute atomic E-state index is 13.1. The number of para-hydroxylation sites is 1. The van der Waals surface area contributed by atoms with E-state index in [0.29, 0.717) is 38.2 Å². The molecule has 1 N–H and O–H groups in total. The molecule has 0 radical (unpaired) electrons. The molecule has 2 fully saturated rings. The van der Waals surface area contributed by atoms with Crippen LogP contribution in [0.25, 0.3) is 10.9 Å². The van der Waals surface area contributed by atoms with Gasteiger partial charge in [0.15, 0.2) is 0 Å². The van der Waals surface area contributed by atoms with Gasteiger partial charge in [-0.05, 0) is 30.9 Å². The molecule has 1 saturated heterocycles. The van der Waals surface area contributed by atoms with Gasteiger partial charge in [-0.25, -0.2) is 12.4 Å². The van der Waals surface area contributed by atoms with Gasteiger partial charge in [-0.15, -0.1) is 0 Å². The highest BCUT2D eigenvalue weighted by molar-refractivity contribution is 7.90. The van der Waals surface area contributed by atoms with Crippen molar-refractivity contribution < 1.29 is 22.7 Å². The summed E-state index contributed by atoms with van der Waals surface area (Å²) >= 11 is 0. The van der Waals surface area contributed by atoms with E-state index in [2.05, 4.69) is 5.32 Å². The number of nitrogens with one attached hydrogen (secondary N) is 1. The Morgan fingerprint density at radius 3 is 2.83 bits per heavy atom. The number of nitrogens with zero attached hydrogens (tertiary/aromatic N) is 2. The largest absolute Gasteiger partial charge is 0.385 e. The Morgan fingerprint density at radius 1 is 1.33 bits per heavy atom. The average Bonchev–Trinajstić information content (AvgIpc) is 3.53. The monoisotopic (exact) mass is 435 g/mol. The highest BCUT2D eigenvalue weighted by Gasteiger charge is 2.37. The van der Waals surface area contributed by atoms with Crippen molar-refractivity contribution in [3.8, 4) is 0 Å². The smallest absolute Gasteiger partial charge is 0.253 e. The summed E-state index contributed by atoms with van der Waals surface area (Å²) in [5.74, 6) is -0.0179. The molecular formula is C21H29N3O5S. The fraction of sp³-hybridized carbons (Fsp3) is 0.571. The van der Waals surface area contributed by atoms with Crippen molar-refractivity contribution in [2.24, 2.45) is 0 Å². The summed E-state index contributed by atoms with van der Waals surface area (Å²) in [5.41, 5.74) is 1.48. The molecule has 4 rings (SSSR count). The van der Waals surface area contributed by atoms with Crippen molar-refractivity contribution in [2.75, 3.05) is 39.2 Å². The van der Waals surface area contributed by atoms with Gasteiger partial charge in [0.25, 0.3) is 5.91 Å². The SMILES string of the molecule is COCCCS(=O)(=O)n1cc(CN(C(=O)C2CNCCO2)C2CC2)c2ccccc21. The third-order valence-electron chi connectivity index (χ3n) is 5.63. The quantitative estimate of drug-likeness (QED) is 0.598. The van der Waals surface area contributed by atoms with E-state index in [1.54, 1.807) is 13.3 Å². The van der Waals surface area contributed by atoms with E-state index in [1.807, 2.05) is 29.2 Å². The second kappa shape index (κ2) is 9.05. The lowest BCUT2D eigenvalue weighted by molar-refractivity contribution is -0.146. The number of hydrogen-bond donors (Lipinski definition) is 1. The van der Waals surface area contributed by atoms with Crippen LogP contribution in [0, 0.1) is 0 Å². The van der Waals surface area contributed by atoms with Crippen LogP contribution in [0.2, 0.25) is 0 Å². The van der Waals surface area contributed by atoms with E-state index in [0.717, 1.165) is 30.3 Å². The minimum Gasteiger partial charge on any atom is -0.385 e. The predicted molar refractivity (Wildman–Crippen MR) is 114 cm³/mol. The molecule has 1 aliphatic heterocycles. The van der Waals surface area contributed by atoms with E-state index in [4.69, 9.17) is 9.47 Å². The van der Waals surface area contributed by atoms with Crippen molar-refractivity contribution in [1.82, 2.24) is 14.2 Å². The van der Waals surface area contributed by atoms with Crippen LogP contribution in [0.1, 0.15) is 24.8 Å². The number of morpholine rings is 1. The van der Waals surface area contributed by atoms with Gasteiger partial charge in [0.2, 0.25) is 10.0 Å². The van der Waals surface area contributed by atoms with Gasteiger partial charge in [0.05, 0.1) is 17.9 Å². The normalized spacial score (nSPS) is 19.8. The summed E-state index contributed by atoms with van der Waals surface area (Å²) < 4.78 is 37.9. The molecule has 1 saturated carbocycles. The van der Waals surface area contributed by atoms with Gasteiger partial charge in [0.1, 0.15) is 6.10 Å². The second-order valence-corrected chi connectivity index (χ2v) is 9.86. The minimum atomic E-state index is -3.52. The van der Waals surface area contributed by atoms with Crippen molar-refractivity contribution in [3.05, 3.63) is 36.0 Å². The Hall–Kier alpha value is -1.94. The van der Waals surface area contributed by atoms with E-state index in [1.165, 1.54) is 3.97 Å². The number of carbonyl (C=O) groups excluding carboxylic acids is 1. The lowest BCUT2D eigenvalue weighted by atomic mass is 10.1. The standard InChI is InChI=1S/C21H29N3O5S/c1-28-10-4-12-30(26,27)24-15-16(18-5-2-3-6-19(18)24)14-23(17-7-8-17)21(25)20-13-22-9-11-29-20/h2-3,5-6,15,17,20,22H,4,7-14H2,1H3. The lowest BCUT2D eigenvalue weighted by Crippen LogP contribution is -2.49. The van der Waals surface area contributed by atoms with Crippen molar-refractivity contribution in [1.29, 1.82) is 0 Å². The Kier molecular flexibility index (Phi) is 6.43. The van der Waals surface area contributed by atoms with Crippen LogP contribution in [0.3, 0.4) is 0 Å². The molecule has 8 nitrogen and oxygen atoms in total. The number of rotatable bonds is 9. The molecule has 1 amide bonds. The highest BCUT2D eigenvalue weighted by atomic mass is 32.2. The topological polar surface area (TPSA) is 89.9 Å². The zero-order valence-electron chi connectivity index (χ0n) is 17.2. The third kappa shape index (κ3) is 4.54. The van der Waals surface area contributed by atoms with Crippen molar-refractivity contribution in [3.63, 3.8) is 0 Å². The van der Waals surface area contributed by atoms with Gasteiger partial charge < -0.3 is 19.7 Å². The molecule has 1 aromatic carbocycles. The second-order valence-electron chi connectivity index (χ2n) is 7.89. The molecule has 1 aromatic heterocycles. The fourth-order valence-corrected chi connectivity index (χ4v) is 5.35. The first kappa shape index (κ1) is 21.3. The number of methoxy groups -OCH3 is 1. The Morgan fingerprint density at radius 2 is 2.13 bits per heavy atom. The lowest BCUT2D eigenvalue weighted by Gasteiger charge is -2.30. The number of aromatic nitrogens is 1. The van der Waals surface area contributed by atoms with Gasteiger partial charge in [-0.1, -0.05) is 18.2 Å². The van der Waals surface area contributed by atoms with Gasteiger partial charge >= 0.3 is 0 Å². The number of fused-ring (bicyclic) bond motifs is 1. The summed E-state index contributed by atoms with van der Waals surface area (Å²) in [4.78, 5) is 15.0. The van der Waals surface area contributed by atoms with E-state index >= 15 is 0 Å². The molecule has 0 bridgehead atoms. The third-order valence-corrected chi connectivity index (χ3v) is 7.33.